The van der Waals surface area contributed by atoms with Crippen LogP contribution in [0.2, 0.25) is 0 Å². The third kappa shape index (κ3) is 3.12. The van der Waals surface area contributed by atoms with Crippen LogP contribution in [0, 0.1) is 11.3 Å². The zero-order valence-electron chi connectivity index (χ0n) is 12.1. The van der Waals surface area contributed by atoms with Crippen LogP contribution >= 0.6 is 11.3 Å². The van der Waals surface area contributed by atoms with Gasteiger partial charge in [0.2, 0.25) is 0 Å². The van der Waals surface area contributed by atoms with Gasteiger partial charge in [-0.3, -0.25) is 4.79 Å². The number of hydrogen-bond donors (Lipinski definition) is 0. The molecule has 112 valence electrons. The smallest absolute Gasteiger partial charge is 0.265 e. The molecule has 0 saturated carbocycles. The summed E-state index contributed by atoms with van der Waals surface area (Å²) in [5.74, 6) is 0.00148. The quantitative estimate of drug-likeness (QED) is 0.801. The second-order valence-electron chi connectivity index (χ2n) is 5.69. The van der Waals surface area contributed by atoms with Gasteiger partial charge in [0.05, 0.1) is 24.2 Å². The Labute approximate surface area is 129 Å². The zero-order valence-corrected chi connectivity index (χ0v) is 13.0. The van der Waals surface area contributed by atoms with Gasteiger partial charge in [-0.15, -0.1) is 11.3 Å². The van der Waals surface area contributed by atoms with Crippen LogP contribution < -0.4 is 0 Å². The molecule has 3 rings (SSSR count). The normalized spacial score (nSPS) is 22.8. The van der Waals surface area contributed by atoms with Crippen molar-refractivity contribution in [2.24, 2.45) is 0 Å². The number of nitrogens with zero attached hydrogens (tertiary/aromatic N) is 2. The lowest BCUT2D eigenvalue weighted by molar-refractivity contribution is 0.0135. The van der Waals surface area contributed by atoms with Gasteiger partial charge in [-0.05, 0) is 37.3 Å². The highest BCUT2D eigenvalue weighted by Gasteiger charge is 2.29. The number of morpholine rings is 1. The monoisotopic (exact) mass is 304 g/mol. The SMILES string of the molecule is N#C[C@H]1COCCN1C(=O)c1cc2c(s1)CCCCCC2. The van der Waals surface area contributed by atoms with Crippen molar-refractivity contribution in [1.29, 1.82) is 5.26 Å². The predicted octanol–water partition coefficient (Wildman–Crippen LogP) is 2.77. The first-order valence-corrected chi connectivity index (χ1v) is 8.51. The molecule has 1 amide bonds. The summed E-state index contributed by atoms with van der Waals surface area (Å²) in [5.41, 5.74) is 1.35. The summed E-state index contributed by atoms with van der Waals surface area (Å²) in [7, 11) is 0. The van der Waals surface area contributed by atoms with Crippen LogP contribution in [0.3, 0.4) is 0 Å². The lowest BCUT2D eigenvalue weighted by Crippen LogP contribution is -2.47. The van der Waals surface area contributed by atoms with Crippen molar-refractivity contribution < 1.29 is 9.53 Å². The number of rotatable bonds is 1. The Kier molecular flexibility index (Phi) is 4.57. The van der Waals surface area contributed by atoms with Crippen LogP contribution in [0.5, 0.6) is 0 Å². The van der Waals surface area contributed by atoms with Crippen molar-refractivity contribution in [2.45, 2.75) is 44.6 Å². The van der Waals surface area contributed by atoms with E-state index in [1.807, 2.05) is 0 Å². The maximum Gasteiger partial charge on any atom is 0.265 e. The van der Waals surface area contributed by atoms with Gasteiger partial charge in [0, 0.05) is 11.4 Å². The summed E-state index contributed by atoms with van der Waals surface area (Å²) < 4.78 is 5.29. The van der Waals surface area contributed by atoms with E-state index in [-0.39, 0.29) is 5.91 Å². The minimum atomic E-state index is -0.448. The summed E-state index contributed by atoms with van der Waals surface area (Å²) in [6.45, 7) is 1.36. The topological polar surface area (TPSA) is 53.3 Å². The van der Waals surface area contributed by atoms with E-state index in [2.05, 4.69) is 12.1 Å². The second kappa shape index (κ2) is 6.59. The maximum absolute atomic E-state index is 12.7. The molecule has 1 aliphatic heterocycles. The molecule has 4 nitrogen and oxygen atoms in total. The Balaban J connectivity index is 1.81. The average molecular weight is 304 g/mol. The number of ether oxygens (including phenoxy) is 1. The Hall–Kier alpha value is -1.38. The molecule has 5 heteroatoms. The van der Waals surface area contributed by atoms with Crippen molar-refractivity contribution in [1.82, 2.24) is 4.90 Å². The lowest BCUT2D eigenvalue weighted by atomic mass is 9.99. The third-order valence-electron chi connectivity index (χ3n) is 4.25. The van der Waals surface area contributed by atoms with E-state index in [1.54, 1.807) is 16.2 Å². The van der Waals surface area contributed by atoms with Crippen LogP contribution in [-0.2, 0) is 17.6 Å². The first kappa shape index (κ1) is 14.6. The van der Waals surface area contributed by atoms with Gasteiger partial charge < -0.3 is 9.64 Å². The van der Waals surface area contributed by atoms with E-state index in [1.165, 1.54) is 36.1 Å². The molecule has 1 aromatic heterocycles. The van der Waals surface area contributed by atoms with E-state index >= 15 is 0 Å². The van der Waals surface area contributed by atoms with E-state index in [0.717, 1.165) is 17.7 Å². The Morgan fingerprint density at radius 3 is 2.95 bits per heavy atom. The number of amides is 1. The fourth-order valence-electron chi connectivity index (χ4n) is 3.04. The Bertz CT molecular complexity index is 536. The fourth-order valence-corrected chi connectivity index (χ4v) is 4.25. The number of fused-ring (bicyclic) bond motifs is 1. The largest absolute Gasteiger partial charge is 0.376 e. The van der Waals surface area contributed by atoms with Gasteiger partial charge in [-0.25, -0.2) is 0 Å². The van der Waals surface area contributed by atoms with Crippen molar-refractivity contribution in [2.75, 3.05) is 19.8 Å². The minimum Gasteiger partial charge on any atom is -0.376 e. The zero-order chi connectivity index (χ0) is 14.7. The van der Waals surface area contributed by atoms with Gasteiger partial charge in [0.15, 0.2) is 0 Å². The third-order valence-corrected chi connectivity index (χ3v) is 5.47. The van der Waals surface area contributed by atoms with Crippen molar-refractivity contribution >= 4 is 17.2 Å². The second-order valence-corrected chi connectivity index (χ2v) is 6.83. The van der Waals surface area contributed by atoms with Crippen molar-refractivity contribution in [3.8, 4) is 6.07 Å². The number of thiophene rings is 1. The highest BCUT2D eigenvalue weighted by molar-refractivity contribution is 7.14. The number of nitriles is 1. The molecule has 2 heterocycles. The minimum absolute atomic E-state index is 0.00148. The highest BCUT2D eigenvalue weighted by atomic mass is 32.1. The van der Waals surface area contributed by atoms with Crippen LogP contribution in [0.1, 0.15) is 45.8 Å². The maximum atomic E-state index is 12.7. The molecule has 0 spiro atoms. The van der Waals surface area contributed by atoms with Gasteiger partial charge in [0.25, 0.3) is 5.91 Å². The Morgan fingerprint density at radius 1 is 1.33 bits per heavy atom. The summed E-state index contributed by atoms with van der Waals surface area (Å²) in [6, 6.07) is 3.79. The molecular weight excluding hydrogens is 284 g/mol. The van der Waals surface area contributed by atoms with Crippen LogP contribution in [0.25, 0.3) is 0 Å². The molecule has 1 aliphatic carbocycles. The van der Waals surface area contributed by atoms with Crippen LogP contribution in [0.4, 0.5) is 0 Å². The molecule has 2 aliphatic rings. The van der Waals surface area contributed by atoms with E-state index in [0.29, 0.717) is 19.8 Å². The first-order valence-electron chi connectivity index (χ1n) is 7.69. The van der Waals surface area contributed by atoms with Crippen molar-refractivity contribution in [3.63, 3.8) is 0 Å². The molecule has 1 saturated heterocycles. The molecule has 0 bridgehead atoms. The molecular formula is C16H20N2O2S. The molecule has 0 radical (unpaired) electrons. The molecule has 21 heavy (non-hydrogen) atoms. The van der Waals surface area contributed by atoms with Crippen molar-refractivity contribution in [3.05, 3.63) is 21.4 Å². The Morgan fingerprint density at radius 2 is 2.14 bits per heavy atom. The molecule has 0 N–H and O–H groups in total. The van der Waals surface area contributed by atoms with Gasteiger partial charge in [-0.2, -0.15) is 5.26 Å². The lowest BCUT2D eigenvalue weighted by Gasteiger charge is -2.30. The highest BCUT2D eigenvalue weighted by Crippen LogP contribution is 2.29. The van der Waals surface area contributed by atoms with Crippen LogP contribution in [-0.4, -0.2) is 36.6 Å². The van der Waals surface area contributed by atoms with Gasteiger partial charge >= 0.3 is 0 Å². The molecule has 1 aromatic rings. The molecule has 1 atom stereocenters. The van der Waals surface area contributed by atoms with E-state index < -0.39 is 6.04 Å². The van der Waals surface area contributed by atoms with E-state index in [9.17, 15) is 10.1 Å². The number of hydrogen-bond acceptors (Lipinski definition) is 4. The van der Waals surface area contributed by atoms with Crippen LogP contribution in [0.15, 0.2) is 6.07 Å². The standard InChI is InChI=1S/C16H20N2O2S/c17-10-13-11-20-8-7-18(13)16(19)15-9-12-5-3-1-2-4-6-14(12)21-15/h9,13H,1-8,11H2/t13-/m0/s1. The van der Waals surface area contributed by atoms with E-state index in [4.69, 9.17) is 4.74 Å². The average Bonchev–Trinajstić information content (AvgIpc) is 2.88. The number of carbonyl (C=O) groups excluding carboxylic acids is 1. The summed E-state index contributed by atoms with van der Waals surface area (Å²) in [6.07, 6.45) is 7.20. The molecule has 0 unspecified atom stereocenters. The van der Waals surface area contributed by atoms with Gasteiger partial charge in [-0.1, -0.05) is 12.8 Å². The first-order chi connectivity index (χ1) is 10.3. The fraction of sp³-hybridized carbons (Fsp3) is 0.625. The predicted molar refractivity (Wildman–Crippen MR) is 81.5 cm³/mol. The summed E-state index contributed by atoms with van der Waals surface area (Å²) >= 11 is 1.63. The van der Waals surface area contributed by atoms with Gasteiger partial charge in [0.1, 0.15) is 6.04 Å². The molecule has 0 aromatic carbocycles. The summed E-state index contributed by atoms with van der Waals surface area (Å²) in [4.78, 5) is 16.5. The number of carbonyl (C=O) groups is 1. The number of aryl methyl sites for hydroxylation is 2. The summed E-state index contributed by atoms with van der Waals surface area (Å²) in [5, 5.41) is 9.17. The molecule has 1 fully saturated rings.